The molecule has 1 atom stereocenters. The number of rotatable bonds is 5. The molecule has 0 radical (unpaired) electrons. The van der Waals surface area contributed by atoms with Gasteiger partial charge in [0.05, 0.1) is 0 Å². The fraction of sp³-hybridized carbons (Fsp3) is 0.692. The molecule has 1 heterocycles. The monoisotopic (exact) mass is 223 g/mol. The van der Waals surface area contributed by atoms with E-state index in [0.29, 0.717) is 0 Å². The SMILES string of the molecule is CCCCNCC1CCCc2sccc21. The molecule has 1 aromatic rings. The third kappa shape index (κ3) is 2.82. The molecule has 0 aliphatic heterocycles. The van der Waals surface area contributed by atoms with Gasteiger partial charge in [-0.3, -0.25) is 0 Å². The van der Waals surface area contributed by atoms with Crippen molar-refractivity contribution in [3.8, 4) is 0 Å². The van der Waals surface area contributed by atoms with E-state index < -0.39 is 0 Å². The van der Waals surface area contributed by atoms with E-state index in [1.807, 2.05) is 11.3 Å². The lowest BCUT2D eigenvalue weighted by molar-refractivity contribution is 0.506. The minimum absolute atomic E-state index is 0.789. The van der Waals surface area contributed by atoms with Gasteiger partial charge in [0, 0.05) is 11.4 Å². The van der Waals surface area contributed by atoms with E-state index in [-0.39, 0.29) is 0 Å². The molecule has 1 nitrogen and oxygen atoms in total. The summed E-state index contributed by atoms with van der Waals surface area (Å²) in [5.41, 5.74) is 1.63. The maximum atomic E-state index is 3.59. The molecule has 1 unspecified atom stereocenters. The number of hydrogen-bond acceptors (Lipinski definition) is 2. The standard InChI is InChI=1S/C13H21NS/c1-2-3-8-14-10-11-5-4-6-13-12(11)7-9-15-13/h7,9,11,14H,2-6,8,10H2,1H3. The zero-order valence-electron chi connectivity index (χ0n) is 9.59. The van der Waals surface area contributed by atoms with Crippen LogP contribution in [-0.4, -0.2) is 13.1 Å². The predicted octanol–water partition coefficient (Wildman–Crippen LogP) is 3.56. The van der Waals surface area contributed by atoms with E-state index in [1.54, 1.807) is 10.4 Å². The maximum absolute atomic E-state index is 3.59. The Kier molecular flexibility index (Phi) is 4.21. The molecule has 15 heavy (non-hydrogen) atoms. The highest BCUT2D eigenvalue weighted by molar-refractivity contribution is 7.10. The van der Waals surface area contributed by atoms with Crippen molar-refractivity contribution in [3.63, 3.8) is 0 Å². The molecule has 1 N–H and O–H groups in total. The number of nitrogens with one attached hydrogen (secondary N) is 1. The second-order valence-electron chi connectivity index (χ2n) is 4.45. The van der Waals surface area contributed by atoms with Crippen LogP contribution in [0, 0.1) is 0 Å². The first-order chi connectivity index (χ1) is 7.42. The smallest absolute Gasteiger partial charge is 0.00805 e. The molecule has 0 saturated carbocycles. The van der Waals surface area contributed by atoms with E-state index in [4.69, 9.17) is 0 Å². The van der Waals surface area contributed by atoms with E-state index in [2.05, 4.69) is 23.7 Å². The van der Waals surface area contributed by atoms with Crippen LogP contribution in [0.25, 0.3) is 0 Å². The Hall–Kier alpha value is -0.340. The zero-order valence-corrected chi connectivity index (χ0v) is 10.4. The molecule has 2 rings (SSSR count). The zero-order chi connectivity index (χ0) is 10.5. The van der Waals surface area contributed by atoms with Gasteiger partial charge in [-0.05, 0) is 55.2 Å². The highest BCUT2D eigenvalue weighted by Crippen LogP contribution is 2.34. The normalized spacial score (nSPS) is 20.2. The number of thiophene rings is 1. The topological polar surface area (TPSA) is 12.0 Å². The van der Waals surface area contributed by atoms with Gasteiger partial charge in [-0.1, -0.05) is 13.3 Å². The predicted molar refractivity (Wildman–Crippen MR) is 67.8 cm³/mol. The molecule has 1 aliphatic rings. The second kappa shape index (κ2) is 5.66. The Bertz CT molecular complexity index is 292. The first-order valence-electron chi connectivity index (χ1n) is 6.18. The molecule has 2 heteroatoms. The van der Waals surface area contributed by atoms with Crippen molar-refractivity contribution in [2.24, 2.45) is 0 Å². The number of fused-ring (bicyclic) bond motifs is 1. The molecule has 0 aromatic carbocycles. The summed E-state index contributed by atoms with van der Waals surface area (Å²) in [6, 6.07) is 2.34. The van der Waals surface area contributed by atoms with E-state index >= 15 is 0 Å². The maximum Gasteiger partial charge on any atom is 0.00805 e. The van der Waals surface area contributed by atoms with Crippen molar-refractivity contribution in [3.05, 3.63) is 21.9 Å². The molecule has 0 bridgehead atoms. The van der Waals surface area contributed by atoms with E-state index in [9.17, 15) is 0 Å². The molecule has 0 fully saturated rings. The van der Waals surface area contributed by atoms with Crippen LogP contribution in [0.2, 0.25) is 0 Å². The Labute approximate surface area is 96.9 Å². The van der Waals surface area contributed by atoms with Gasteiger partial charge in [-0.2, -0.15) is 0 Å². The first kappa shape index (κ1) is 11.2. The summed E-state index contributed by atoms with van der Waals surface area (Å²) in [4.78, 5) is 1.64. The largest absolute Gasteiger partial charge is 0.316 e. The fourth-order valence-electron chi connectivity index (χ4n) is 2.37. The van der Waals surface area contributed by atoms with Crippen LogP contribution in [0.5, 0.6) is 0 Å². The lowest BCUT2D eigenvalue weighted by Gasteiger charge is -2.22. The first-order valence-corrected chi connectivity index (χ1v) is 7.06. The molecular formula is C13H21NS. The average Bonchev–Trinajstić information content (AvgIpc) is 2.73. The van der Waals surface area contributed by atoms with Crippen LogP contribution < -0.4 is 5.32 Å². The Morgan fingerprint density at radius 1 is 1.53 bits per heavy atom. The Morgan fingerprint density at radius 2 is 2.47 bits per heavy atom. The summed E-state index contributed by atoms with van der Waals surface area (Å²) >= 11 is 1.95. The van der Waals surface area contributed by atoms with Gasteiger partial charge in [-0.25, -0.2) is 0 Å². The van der Waals surface area contributed by atoms with Crippen molar-refractivity contribution < 1.29 is 0 Å². The lowest BCUT2D eigenvalue weighted by Crippen LogP contribution is -2.24. The van der Waals surface area contributed by atoms with Gasteiger partial charge in [0.25, 0.3) is 0 Å². The van der Waals surface area contributed by atoms with Crippen molar-refractivity contribution in [1.82, 2.24) is 5.32 Å². The van der Waals surface area contributed by atoms with Crippen LogP contribution in [0.3, 0.4) is 0 Å². The molecule has 1 aliphatic carbocycles. The molecular weight excluding hydrogens is 202 g/mol. The van der Waals surface area contributed by atoms with Gasteiger partial charge in [0.15, 0.2) is 0 Å². The van der Waals surface area contributed by atoms with Crippen molar-refractivity contribution in [1.29, 1.82) is 0 Å². The highest BCUT2D eigenvalue weighted by atomic mass is 32.1. The number of hydrogen-bond donors (Lipinski definition) is 1. The van der Waals surface area contributed by atoms with Crippen molar-refractivity contribution >= 4 is 11.3 Å². The van der Waals surface area contributed by atoms with Crippen LogP contribution in [0.4, 0.5) is 0 Å². The molecule has 0 amide bonds. The molecule has 0 saturated heterocycles. The van der Waals surface area contributed by atoms with Crippen LogP contribution in [0.15, 0.2) is 11.4 Å². The number of unbranched alkanes of at least 4 members (excludes halogenated alkanes) is 1. The summed E-state index contributed by atoms with van der Waals surface area (Å²) < 4.78 is 0. The van der Waals surface area contributed by atoms with Crippen molar-refractivity contribution in [2.75, 3.05) is 13.1 Å². The van der Waals surface area contributed by atoms with Crippen molar-refractivity contribution in [2.45, 2.75) is 44.9 Å². The number of aryl methyl sites for hydroxylation is 1. The Morgan fingerprint density at radius 3 is 3.33 bits per heavy atom. The summed E-state index contributed by atoms with van der Waals surface area (Å²) in [5, 5.41) is 5.85. The van der Waals surface area contributed by atoms with E-state index in [0.717, 1.165) is 5.92 Å². The summed E-state index contributed by atoms with van der Waals surface area (Å²) in [6.07, 6.45) is 6.68. The van der Waals surface area contributed by atoms with Gasteiger partial charge < -0.3 is 5.32 Å². The summed E-state index contributed by atoms with van der Waals surface area (Å²) in [7, 11) is 0. The summed E-state index contributed by atoms with van der Waals surface area (Å²) in [6.45, 7) is 4.62. The van der Waals surface area contributed by atoms with Gasteiger partial charge in [-0.15, -0.1) is 11.3 Å². The molecule has 84 valence electrons. The summed E-state index contributed by atoms with van der Waals surface area (Å²) in [5.74, 6) is 0.789. The quantitative estimate of drug-likeness (QED) is 0.753. The lowest BCUT2D eigenvalue weighted by atomic mass is 9.88. The second-order valence-corrected chi connectivity index (χ2v) is 5.45. The average molecular weight is 223 g/mol. The van der Waals surface area contributed by atoms with Crippen LogP contribution in [0.1, 0.15) is 49.0 Å². The third-order valence-corrected chi connectivity index (χ3v) is 4.27. The van der Waals surface area contributed by atoms with Gasteiger partial charge >= 0.3 is 0 Å². The molecule has 0 spiro atoms. The minimum Gasteiger partial charge on any atom is -0.316 e. The van der Waals surface area contributed by atoms with Gasteiger partial charge in [0.2, 0.25) is 0 Å². The fourth-order valence-corrected chi connectivity index (χ4v) is 3.38. The minimum atomic E-state index is 0.789. The Balaban J connectivity index is 1.84. The van der Waals surface area contributed by atoms with Crippen LogP contribution >= 0.6 is 11.3 Å². The highest BCUT2D eigenvalue weighted by Gasteiger charge is 2.20. The molecule has 1 aromatic heterocycles. The van der Waals surface area contributed by atoms with E-state index in [1.165, 1.54) is 45.2 Å². The third-order valence-electron chi connectivity index (χ3n) is 3.27. The van der Waals surface area contributed by atoms with Crippen LogP contribution in [-0.2, 0) is 6.42 Å². The van der Waals surface area contributed by atoms with Gasteiger partial charge in [0.1, 0.15) is 0 Å².